The summed E-state index contributed by atoms with van der Waals surface area (Å²) in [5.74, 6) is -0.915. The molecule has 0 aliphatic carbocycles. The number of methoxy groups -OCH3 is 1. The molecule has 1 unspecified atom stereocenters. The molecule has 0 spiro atoms. The van der Waals surface area contributed by atoms with Crippen LogP contribution in [0.1, 0.15) is 11.6 Å². The van der Waals surface area contributed by atoms with E-state index < -0.39 is 17.8 Å². The van der Waals surface area contributed by atoms with Crippen LogP contribution in [0, 0.1) is 5.82 Å². The van der Waals surface area contributed by atoms with Crippen LogP contribution in [0.5, 0.6) is 0 Å². The molecule has 0 radical (unpaired) electrons. The lowest BCUT2D eigenvalue weighted by Gasteiger charge is -2.33. The summed E-state index contributed by atoms with van der Waals surface area (Å²) in [6.45, 7) is 2.84. The average Bonchev–Trinajstić information content (AvgIpc) is 2.44. The molecule has 1 aromatic rings. The smallest absolute Gasteiger partial charge is 0.327 e. The Morgan fingerprint density at radius 1 is 1.47 bits per heavy atom. The van der Waals surface area contributed by atoms with E-state index in [1.807, 2.05) is 4.90 Å². The van der Waals surface area contributed by atoms with Crippen LogP contribution >= 0.6 is 11.6 Å². The van der Waals surface area contributed by atoms with E-state index in [0.717, 1.165) is 13.1 Å². The van der Waals surface area contributed by atoms with Gasteiger partial charge in [0.25, 0.3) is 0 Å². The van der Waals surface area contributed by atoms with E-state index in [1.165, 1.54) is 25.3 Å². The number of piperazine rings is 1. The summed E-state index contributed by atoms with van der Waals surface area (Å²) in [5.41, 5.74) is 0.265. The molecule has 1 aromatic carbocycles. The van der Waals surface area contributed by atoms with E-state index in [0.29, 0.717) is 18.1 Å². The van der Waals surface area contributed by atoms with Crippen molar-refractivity contribution in [2.75, 3.05) is 33.3 Å². The number of rotatable bonds is 3. The van der Waals surface area contributed by atoms with Crippen LogP contribution in [-0.4, -0.2) is 44.2 Å². The van der Waals surface area contributed by atoms with Gasteiger partial charge in [-0.15, -0.1) is 0 Å². The van der Waals surface area contributed by atoms with E-state index >= 15 is 0 Å². The second-order valence-corrected chi connectivity index (χ2v) is 4.81. The van der Waals surface area contributed by atoms with Gasteiger partial charge in [-0.3, -0.25) is 4.90 Å². The number of ether oxygens (including phenoxy) is 1. The van der Waals surface area contributed by atoms with Crippen LogP contribution in [0.4, 0.5) is 4.39 Å². The quantitative estimate of drug-likeness (QED) is 0.857. The maximum Gasteiger partial charge on any atom is 0.327 e. The number of halogens is 2. The van der Waals surface area contributed by atoms with Crippen LogP contribution in [0.15, 0.2) is 18.2 Å². The van der Waals surface area contributed by atoms with E-state index in [9.17, 15) is 9.18 Å². The Morgan fingerprint density at radius 2 is 2.16 bits per heavy atom. The first kappa shape index (κ1) is 14.2. The fourth-order valence-corrected chi connectivity index (χ4v) is 2.43. The number of hydrogen-bond acceptors (Lipinski definition) is 4. The van der Waals surface area contributed by atoms with Crippen LogP contribution < -0.4 is 5.32 Å². The highest BCUT2D eigenvalue weighted by Gasteiger charge is 2.31. The monoisotopic (exact) mass is 286 g/mol. The van der Waals surface area contributed by atoms with Crippen molar-refractivity contribution >= 4 is 17.6 Å². The van der Waals surface area contributed by atoms with Crippen molar-refractivity contribution in [2.45, 2.75) is 6.04 Å². The summed E-state index contributed by atoms with van der Waals surface area (Å²) in [6.07, 6.45) is 0. The van der Waals surface area contributed by atoms with Gasteiger partial charge in [-0.05, 0) is 18.2 Å². The van der Waals surface area contributed by atoms with Crippen molar-refractivity contribution in [2.24, 2.45) is 0 Å². The van der Waals surface area contributed by atoms with Gasteiger partial charge >= 0.3 is 5.97 Å². The minimum absolute atomic E-state index is 0.265. The lowest BCUT2D eigenvalue weighted by atomic mass is 10.0. The Morgan fingerprint density at radius 3 is 2.79 bits per heavy atom. The molecule has 1 atom stereocenters. The maximum atomic E-state index is 14.0. The van der Waals surface area contributed by atoms with Crippen molar-refractivity contribution in [3.8, 4) is 0 Å². The van der Waals surface area contributed by atoms with Gasteiger partial charge in [0.1, 0.15) is 11.9 Å². The van der Waals surface area contributed by atoms with Gasteiger partial charge in [-0.1, -0.05) is 11.6 Å². The molecule has 0 aromatic heterocycles. The molecule has 1 aliphatic rings. The number of nitrogens with zero attached hydrogens (tertiary/aromatic N) is 1. The highest BCUT2D eigenvalue weighted by atomic mass is 35.5. The molecule has 1 aliphatic heterocycles. The standard InChI is InChI=1S/C13H16ClFN2O2/c1-19-13(18)12(17-6-4-16-5-7-17)10-8-9(14)2-3-11(10)15/h2-3,8,12,16H,4-7H2,1H3. The van der Waals surface area contributed by atoms with Gasteiger partial charge < -0.3 is 10.1 Å². The first-order valence-corrected chi connectivity index (χ1v) is 6.49. The zero-order chi connectivity index (χ0) is 13.8. The molecule has 0 saturated carbocycles. The Kier molecular flexibility index (Phi) is 4.74. The van der Waals surface area contributed by atoms with E-state index in [-0.39, 0.29) is 5.56 Å². The molecule has 1 heterocycles. The number of carbonyl (C=O) groups excluding carboxylic acids is 1. The molecule has 4 nitrogen and oxygen atoms in total. The molecular weight excluding hydrogens is 271 g/mol. The number of carbonyl (C=O) groups is 1. The number of hydrogen-bond donors (Lipinski definition) is 1. The molecule has 0 amide bonds. The van der Waals surface area contributed by atoms with Crippen molar-refractivity contribution in [3.05, 3.63) is 34.6 Å². The summed E-state index contributed by atoms with van der Waals surface area (Å²) in [4.78, 5) is 13.9. The van der Waals surface area contributed by atoms with Crippen LogP contribution in [-0.2, 0) is 9.53 Å². The Balaban J connectivity index is 2.36. The minimum atomic E-state index is -0.745. The van der Waals surface area contributed by atoms with Crippen molar-refractivity contribution in [1.29, 1.82) is 0 Å². The first-order chi connectivity index (χ1) is 9.13. The Labute approximate surface area is 116 Å². The number of benzene rings is 1. The summed E-state index contributed by atoms with van der Waals surface area (Å²) in [5, 5.41) is 3.59. The molecule has 6 heteroatoms. The zero-order valence-corrected chi connectivity index (χ0v) is 11.4. The van der Waals surface area contributed by atoms with Gasteiger partial charge in [0.15, 0.2) is 0 Å². The minimum Gasteiger partial charge on any atom is -0.468 e. The third-order valence-electron chi connectivity index (χ3n) is 3.19. The van der Waals surface area contributed by atoms with Gasteiger partial charge in [-0.2, -0.15) is 0 Å². The highest BCUT2D eigenvalue weighted by molar-refractivity contribution is 6.30. The third kappa shape index (κ3) is 3.23. The van der Waals surface area contributed by atoms with E-state index in [2.05, 4.69) is 5.32 Å². The van der Waals surface area contributed by atoms with Crippen LogP contribution in [0.3, 0.4) is 0 Å². The summed E-state index contributed by atoms with van der Waals surface area (Å²) >= 11 is 5.90. The second kappa shape index (κ2) is 6.32. The molecule has 104 valence electrons. The fourth-order valence-electron chi connectivity index (χ4n) is 2.25. The van der Waals surface area contributed by atoms with E-state index in [4.69, 9.17) is 16.3 Å². The number of nitrogens with one attached hydrogen (secondary N) is 1. The van der Waals surface area contributed by atoms with Crippen molar-refractivity contribution in [3.63, 3.8) is 0 Å². The second-order valence-electron chi connectivity index (χ2n) is 4.38. The lowest BCUT2D eigenvalue weighted by molar-refractivity contribution is -0.147. The summed E-state index contributed by atoms with van der Waals surface area (Å²) in [6, 6.07) is 3.48. The highest BCUT2D eigenvalue weighted by Crippen LogP contribution is 2.27. The predicted molar refractivity (Wildman–Crippen MR) is 70.6 cm³/mol. The Bertz CT molecular complexity index is 464. The van der Waals surface area contributed by atoms with Crippen molar-refractivity contribution in [1.82, 2.24) is 10.2 Å². The normalized spacial score (nSPS) is 18.1. The molecule has 1 N–H and O–H groups in total. The molecular formula is C13H16ClFN2O2. The van der Waals surface area contributed by atoms with Gasteiger partial charge in [-0.25, -0.2) is 9.18 Å². The van der Waals surface area contributed by atoms with Gasteiger partial charge in [0, 0.05) is 36.8 Å². The molecule has 1 saturated heterocycles. The zero-order valence-electron chi connectivity index (χ0n) is 10.7. The van der Waals surface area contributed by atoms with Gasteiger partial charge in [0.05, 0.1) is 7.11 Å². The van der Waals surface area contributed by atoms with E-state index in [1.54, 1.807) is 0 Å². The number of esters is 1. The molecule has 1 fully saturated rings. The average molecular weight is 287 g/mol. The van der Waals surface area contributed by atoms with Crippen LogP contribution in [0.2, 0.25) is 5.02 Å². The SMILES string of the molecule is COC(=O)C(c1cc(Cl)ccc1F)N1CCNCC1. The summed E-state index contributed by atoms with van der Waals surface area (Å²) < 4.78 is 18.8. The largest absolute Gasteiger partial charge is 0.468 e. The third-order valence-corrected chi connectivity index (χ3v) is 3.43. The Hall–Kier alpha value is -1.17. The lowest BCUT2D eigenvalue weighted by Crippen LogP contribution is -2.47. The van der Waals surface area contributed by atoms with Crippen molar-refractivity contribution < 1.29 is 13.9 Å². The molecule has 2 rings (SSSR count). The molecule has 19 heavy (non-hydrogen) atoms. The first-order valence-electron chi connectivity index (χ1n) is 6.11. The fraction of sp³-hybridized carbons (Fsp3) is 0.462. The topological polar surface area (TPSA) is 41.6 Å². The molecule has 0 bridgehead atoms. The maximum absolute atomic E-state index is 14.0. The van der Waals surface area contributed by atoms with Gasteiger partial charge in [0.2, 0.25) is 0 Å². The van der Waals surface area contributed by atoms with Crippen LogP contribution in [0.25, 0.3) is 0 Å². The predicted octanol–water partition coefficient (Wildman–Crippen LogP) is 1.60. The summed E-state index contributed by atoms with van der Waals surface area (Å²) in [7, 11) is 1.31.